The highest BCUT2D eigenvalue weighted by molar-refractivity contribution is 5.38. The Balaban J connectivity index is 3.00. The molecule has 0 aliphatic heterocycles. The van der Waals surface area contributed by atoms with E-state index in [9.17, 15) is 17.6 Å². The van der Waals surface area contributed by atoms with Crippen molar-refractivity contribution in [3.8, 4) is 11.5 Å². The van der Waals surface area contributed by atoms with Crippen molar-refractivity contribution in [1.29, 1.82) is 0 Å². The van der Waals surface area contributed by atoms with Crippen molar-refractivity contribution in [3.63, 3.8) is 0 Å². The average molecular weight is 294 g/mol. The molecule has 1 aromatic carbocycles. The minimum atomic E-state index is -1.56. The van der Waals surface area contributed by atoms with Gasteiger partial charge in [-0.25, -0.2) is 0 Å². The van der Waals surface area contributed by atoms with Crippen molar-refractivity contribution < 1.29 is 27.0 Å². The third-order valence-electron chi connectivity index (χ3n) is 2.67. The maximum absolute atomic E-state index is 13.7. The fraction of sp³-hybridized carbons (Fsp3) is 0.571. The van der Waals surface area contributed by atoms with Gasteiger partial charge < -0.3 is 9.47 Å². The van der Waals surface area contributed by atoms with Crippen LogP contribution in [-0.2, 0) is 0 Å². The SMILES string of the molecule is CCCCOc1c(F)c(F)c(OCCCC)c(F)c1F. The summed E-state index contributed by atoms with van der Waals surface area (Å²) in [6, 6.07) is 0. The van der Waals surface area contributed by atoms with E-state index in [-0.39, 0.29) is 13.2 Å². The molecule has 20 heavy (non-hydrogen) atoms. The van der Waals surface area contributed by atoms with Crippen LogP contribution >= 0.6 is 0 Å². The Morgan fingerprint density at radius 1 is 0.650 bits per heavy atom. The molecule has 0 aromatic heterocycles. The van der Waals surface area contributed by atoms with Crippen LogP contribution in [0.2, 0.25) is 0 Å². The largest absolute Gasteiger partial charge is 0.487 e. The third-order valence-corrected chi connectivity index (χ3v) is 2.67. The molecule has 0 spiro atoms. The first kappa shape index (κ1) is 16.6. The van der Waals surface area contributed by atoms with Crippen molar-refractivity contribution in [3.05, 3.63) is 23.3 Å². The van der Waals surface area contributed by atoms with Crippen molar-refractivity contribution in [1.82, 2.24) is 0 Å². The van der Waals surface area contributed by atoms with Crippen LogP contribution in [0.5, 0.6) is 11.5 Å². The fourth-order valence-corrected chi connectivity index (χ4v) is 1.48. The summed E-state index contributed by atoms with van der Waals surface area (Å²) in [4.78, 5) is 0. The Bertz CT molecular complexity index is 379. The molecule has 1 aromatic rings. The number of rotatable bonds is 8. The predicted octanol–water partition coefficient (Wildman–Crippen LogP) is 4.60. The molecule has 0 aliphatic rings. The van der Waals surface area contributed by atoms with Crippen molar-refractivity contribution in [2.75, 3.05) is 13.2 Å². The molecular formula is C14H18F4O2. The van der Waals surface area contributed by atoms with Crippen LogP contribution in [0.25, 0.3) is 0 Å². The van der Waals surface area contributed by atoms with E-state index in [1.165, 1.54) is 0 Å². The zero-order valence-electron chi connectivity index (χ0n) is 11.6. The van der Waals surface area contributed by atoms with Gasteiger partial charge in [0.05, 0.1) is 13.2 Å². The Labute approximate surface area is 115 Å². The molecule has 2 nitrogen and oxygen atoms in total. The van der Waals surface area contributed by atoms with Crippen LogP contribution in [0.1, 0.15) is 39.5 Å². The van der Waals surface area contributed by atoms with E-state index in [1.54, 1.807) is 0 Å². The molecule has 0 N–H and O–H groups in total. The third kappa shape index (κ3) is 3.77. The molecule has 1 rings (SSSR count). The van der Waals surface area contributed by atoms with E-state index < -0.39 is 34.8 Å². The van der Waals surface area contributed by atoms with Gasteiger partial charge in [0.2, 0.25) is 23.3 Å². The number of hydrogen-bond acceptors (Lipinski definition) is 2. The van der Waals surface area contributed by atoms with E-state index in [0.717, 1.165) is 12.8 Å². The lowest BCUT2D eigenvalue weighted by Crippen LogP contribution is -2.09. The van der Waals surface area contributed by atoms with Gasteiger partial charge in [-0.3, -0.25) is 0 Å². The summed E-state index contributed by atoms with van der Waals surface area (Å²) in [7, 11) is 0. The second-order valence-corrected chi connectivity index (χ2v) is 4.32. The Morgan fingerprint density at radius 3 is 1.20 bits per heavy atom. The Hall–Kier alpha value is -1.46. The topological polar surface area (TPSA) is 18.5 Å². The smallest absolute Gasteiger partial charge is 0.207 e. The molecule has 0 aliphatic carbocycles. The quantitative estimate of drug-likeness (QED) is 0.396. The van der Waals surface area contributed by atoms with E-state index in [1.807, 2.05) is 13.8 Å². The highest BCUT2D eigenvalue weighted by Crippen LogP contribution is 2.34. The Morgan fingerprint density at radius 2 is 0.950 bits per heavy atom. The molecular weight excluding hydrogens is 276 g/mol. The number of hydrogen-bond donors (Lipinski definition) is 0. The molecule has 0 unspecified atom stereocenters. The van der Waals surface area contributed by atoms with E-state index >= 15 is 0 Å². The van der Waals surface area contributed by atoms with E-state index in [4.69, 9.17) is 9.47 Å². The summed E-state index contributed by atoms with van der Waals surface area (Å²) in [5.74, 6) is -8.32. The normalized spacial score (nSPS) is 10.7. The summed E-state index contributed by atoms with van der Waals surface area (Å²) in [5, 5.41) is 0. The van der Waals surface area contributed by atoms with Crippen molar-refractivity contribution in [2.45, 2.75) is 39.5 Å². The van der Waals surface area contributed by atoms with Crippen LogP contribution in [0.4, 0.5) is 17.6 Å². The zero-order chi connectivity index (χ0) is 15.1. The fourth-order valence-electron chi connectivity index (χ4n) is 1.48. The molecule has 0 saturated carbocycles. The lowest BCUT2D eigenvalue weighted by molar-refractivity contribution is 0.239. The molecule has 0 bridgehead atoms. The molecule has 0 heterocycles. The average Bonchev–Trinajstić information content (AvgIpc) is 2.44. The second-order valence-electron chi connectivity index (χ2n) is 4.32. The standard InChI is InChI=1S/C14H18F4O2/c1-3-5-7-19-13-9(15)11(17)14(12(18)10(13)16)20-8-6-4-2/h3-8H2,1-2H3. The van der Waals surface area contributed by atoms with Crippen LogP contribution in [0.15, 0.2) is 0 Å². The molecule has 114 valence electrons. The van der Waals surface area contributed by atoms with Gasteiger partial charge in [0.25, 0.3) is 0 Å². The van der Waals surface area contributed by atoms with Crippen molar-refractivity contribution >= 4 is 0 Å². The maximum atomic E-state index is 13.7. The summed E-state index contributed by atoms with van der Waals surface area (Å²) >= 11 is 0. The number of ether oxygens (including phenoxy) is 2. The first-order valence-corrected chi connectivity index (χ1v) is 6.66. The molecule has 0 fully saturated rings. The van der Waals surface area contributed by atoms with Crippen LogP contribution in [-0.4, -0.2) is 13.2 Å². The molecule has 6 heteroatoms. The van der Waals surface area contributed by atoms with E-state index in [2.05, 4.69) is 0 Å². The first-order chi connectivity index (χ1) is 9.54. The Kier molecular flexibility index (Phi) is 6.61. The minimum absolute atomic E-state index is 0.0146. The summed E-state index contributed by atoms with van der Waals surface area (Å²) < 4.78 is 64.1. The molecule has 0 amide bonds. The highest BCUT2D eigenvalue weighted by Gasteiger charge is 2.27. The number of unbranched alkanes of at least 4 members (excludes halogenated alkanes) is 2. The van der Waals surface area contributed by atoms with Crippen LogP contribution < -0.4 is 9.47 Å². The molecule has 0 atom stereocenters. The van der Waals surface area contributed by atoms with Gasteiger partial charge in [0.15, 0.2) is 11.5 Å². The first-order valence-electron chi connectivity index (χ1n) is 6.66. The van der Waals surface area contributed by atoms with Gasteiger partial charge in [0, 0.05) is 0 Å². The monoisotopic (exact) mass is 294 g/mol. The van der Waals surface area contributed by atoms with Gasteiger partial charge in [-0.05, 0) is 12.8 Å². The summed E-state index contributed by atoms with van der Waals surface area (Å²) in [6.07, 6.45) is 2.51. The number of halogens is 4. The lowest BCUT2D eigenvalue weighted by atomic mass is 10.2. The molecule has 0 saturated heterocycles. The van der Waals surface area contributed by atoms with Crippen LogP contribution in [0.3, 0.4) is 0 Å². The van der Waals surface area contributed by atoms with Gasteiger partial charge >= 0.3 is 0 Å². The predicted molar refractivity (Wildman–Crippen MR) is 67.1 cm³/mol. The van der Waals surface area contributed by atoms with Gasteiger partial charge in [0.1, 0.15) is 0 Å². The zero-order valence-corrected chi connectivity index (χ0v) is 11.6. The van der Waals surface area contributed by atoms with E-state index in [0.29, 0.717) is 12.8 Å². The molecule has 0 radical (unpaired) electrons. The van der Waals surface area contributed by atoms with Gasteiger partial charge in [-0.2, -0.15) is 17.6 Å². The van der Waals surface area contributed by atoms with Gasteiger partial charge in [-0.1, -0.05) is 26.7 Å². The second kappa shape index (κ2) is 7.97. The summed E-state index contributed by atoms with van der Waals surface area (Å²) in [6.45, 7) is 3.67. The lowest BCUT2D eigenvalue weighted by Gasteiger charge is -2.13. The maximum Gasteiger partial charge on any atom is 0.207 e. The van der Waals surface area contributed by atoms with Crippen molar-refractivity contribution in [2.24, 2.45) is 0 Å². The minimum Gasteiger partial charge on any atom is -0.487 e. The van der Waals surface area contributed by atoms with Gasteiger partial charge in [-0.15, -0.1) is 0 Å². The highest BCUT2D eigenvalue weighted by atomic mass is 19.2. The van der Waals surface area contributed by atoms with Crippen LogP contribution in [0, 0.1) is 23.3 Å². The number of benzene rings is 1. The summed E-state index contributed by atoms with van der Waals surface area (Å²) in [5.41, 5.74) is 0.